The van der Waals surface area contributed by atoms with Crippen molar-refractivity contribution in [2.45, 2.75) is 19.9 Å². The number of nitrogens with zero attached hydrogens (tertiary/aromatic N) is 1. The molecule has 2 rings (SSSR count). The fraction of sp³-hybridized carbons (Fsp3) is 0.312. The van der Waals surface area contributed by atoms with E-state index in [1.807, 2.05) is 12.3 Å². The molecule has 1 aromatic carbocycles. The number of hydrogen-bond acceptors (Lipinski definition) is 1. The summed E-state index contributed by atoms with van der Waals surface area (Å²) in [6.07, 6.45) is 2.91. The van der Waals surface area contributed by atoms with Crippen LogP contribution in [0.3, 0.4) is 0 Å². The molecule has 0 aliphatic rings. The maximum Gasteiger partial charge on any atom is 0.103 e. The van der Waals surface area contributed by atoms with Crippen molar-refractivity contribution in [3.8, 4) is 0 Å². The van der Waals surface area contributed by atoms with Crippen molar-refractivity contribution in [3.63, 3.8) is 0 Å². The van der Waals surface area contributed by atoms with Gasteiger partial charge in [0.15, 0.2) is 0 Å². The van der Waals surface area contributed by atoms with E-state index in [-0.39, 0.29) is 0 Å². The van der Waals surface area contributed by atoms with E-state index in [0.717, 1.165) is 19.5 Å². The first-order valence-electron chi connectivity index (χ1n) is 6.51. The van der Waals surface area contributed by atoms with Gasteiger partial charge in [0.05, 0.1) is 13.6 Å². The van der Waals surface area contributed by atoms with E-state index in [9.17, 15) is 0 Å². The second kappa shape index (κ2) is 6.31. The summed E-state index contributed by atoms with van der Waals surface area (Å²) in [5.74, 6) is 0. The van der Waals surface area contributed by atoms with Crippen molar-refractivity contribution < 1.29 is 4.90 Å². The number of aromatic nitrogens is 1. The Morgan fingerprint density at radius 1 is 1.06 bits per heavy atom. The number of quaternary nitrogens is 1. The first-order chi connectivity index (χ1) is 8.75. The minimum atomic E-state index is 1.04. The zero-order valence-electron chi connectivity index (χ0n) is 11.2. The lowest BCUT2D eigenvalue weighted by atomic mass is 10.1. The summed E-state index contributed by atoms with van der Waals surface area (Å²) in [5, 5.41) is 0. The number of likely N-dealkylation sites (N-methyl/N-ethyl adjacent to an activating group) is 1. The molecular formula is C16H21N2+. The molecule has 0 bridgehead atoms. The van der Waals surface area contributed by atoms with Crippen molar-refractivity contribution in [1.29, 1.82) is 0 Å². The molecule has 0 fully saturated rings. The van der Waals surface area contributed by atoms with Gasteiger partial charge < -0.3 is 4.90 Å². The van der Waals surface area contributed by atoms with Crippen molar-refractivity contribution in [2.24, 2.45) is 0 Å². The first-order valence-corrected chi connectivity index (χ1v) is 6.51. The molecule has 0 spiro atoms. The molecule has 1 atom stereocenters. The zero-order chi connectivity index (χ0) is 12.8. The van der Waals surface area contributed by atoms with E-state index >= 15 is 0 Å². The monoisotopic (exact) mass is 241 g/mol. The van der Waals surface area contributed by atoms with E-state index in [2.05, 4.69) is 55.4 Å². The molecule has 0 radical (unpaired) electrons. The van der Waals surface area contributed by atoms with Gasteiger partial charge in [-0.3, -0.25) is 4.98 Å². The fourth-order valence-electron chi connectivity index (χ4n) is 2.11. The molecule has 0 saturated heterocycles. The Bertz CT molecular complexity index is 479. The van der Waals surface area contributed by atoms with Gasteiger partial charge in [-0.05, 0) is 24.6 Å². The number of nitrogens with one attached hydrogen (secondary N) is 1. The van der Waals surface area contributed by atoms with Crippen LogP contribution in [0, 0.1) is 6.92 Å². The zero-order valence-corrected chi connectivity index (χ0v) is 11.2. The fourth-order valence-corrected chi connectivity index (χ4v) is 2.11. The third kappa shape index (κ3) is 3.67. The lowest BCUT2D eigenvalue weighted by molar-refractivity contribution is -0.893. The highest BCUT2D eigenvalue weighted by Gasteiger charge is 2.06. The summed E-state index contributed by atoms with van der Waals surface area (Å²) in [6.45, 7) is 4.38. The SMILES string of the molecule is Cc1ccccc1C[NH+](C)CCc1ccccn1. The summed E-state index contributed by atoms with van der Waals surface area (Å²) in [6, 6.07) is 14.7. The van der Waals surface area contributed by atoms with Crippen LogP contribution in [0.4, 0.5) is 0 Å². The Balaban J connectivity index is 1.86. The van der Waals surface area contributed by atoms with Gasteiger partial charge >= 0.3 is 0 Å². The molecule has 0 aliphatic heterocycles. The molecular weight excluding hydrogens is 220 g/mol. The van der Waals surface area contributed by atoms with Crippen LogP contribution >= 0.6 is 0 Å². The molecule has 0 amide bonds. The molecule has 1 aromatic heterocycles. The van der Waals surface area contributed by atoms with Gasteiger partial charge in [-0.1, -0.05) is 30.3 Å². The average molecular weight is 241 g/mol. The third-order valence-corrected chi connectivity index (χ3v) is 3.29. The topological polar surface area (TPSA) is 17.3 Å². The average Bonchev–Trinajstić information content (AvgIpc) is 2.40. The van der Waals surface area contributed by atoms with Crippen LogP contribution in [0.5, 0.6) is 0 Å². The Morgan fingerprint density at radius 3 is 2.56 bits per heavy atom. The van der Waals surface area contributed by atoms with Crippen molar-refractivity contribution >= 4 is 0 Å². The molecule has 2 aromatic rings. The maximum atomic E-state index is 4.36. The van der Waals surface area contributed by atoms with E-state index in [4.69, 9.17) is 0 Å². The summed E-state index contributed by atoms with van der Waals surface area (Å²) in [5.41, 5.74) is 4.01. The third-order valence-electron chi connectivity index (χ3n) is 3.29. The van der Waals surface area contributed by atoms with Gasteiger partial charge in [0.2, 0.25) is 0 Å². The largest absolute Gasteiger partial charge is 0.333 e. The second-order valence-electron chi connectivity index (χ2n) is 4.88. The molecule has 0 saturated carbocycles. The van der Waals surface area contributed by atoms with Crippen LogP contribution in [0.25, 0.3) is 0 Å². The molecule has 0 aliphatic carbocycles. The molecule has 18 heavy (non-hydrogen) atoms. The van der Waals surface area contributed by atoms with Gasteiger partial charge in [-0.2, -0.15) is 0 Å². The predicted octanol–water partition coefficient (Wildman–Crippen LogP) is 1.65. The van der Waals surface area contributed by atoms with E-state index in [1.165, 1.54) is 21.7 Å². The molecule has 1 unspecified atom stereocenters. The smallest absolute Gasteiger partial charge is 0.103 e. The first kappa shape index (κ1) is 12.8. The van der Waals surface area contributed by atoms with Crippen molar-refractivity contribution in [1.82, 2.24) is 4.98 Å². The predicted molar refractivity (Wildman–Crippen MR) is 74.6 cm³/mol. The summed E-state index contributed by atoms with van der Waals surface area (Å²) >= 11 is 0. The number of aryl methyl sites for hydroxylation is 1. The molecule has 1 heterocycles. The van der Waals surface area contributed by atoms with Crippen LogP contribution in [0.2, 0.25) is 0 Å². The Hall–Kier alpha value is -1.67. The Kier molecular flexibility index (Phi) is 4.48. The molecule has 1 N–H and O–H groups in total. The van der Waals surface area contributed by atoms with Crippen LogP contribution in [-0.2, 0) is 13.0 Å². The van der Waals surface area contributed by atoms with Crippen LogP contribution in [0.1, 0.15) is 16.8 Å². The van der Waals surface area contributed by atoms with Crippen molar-refractivity contribution in [3.05, 3.63) is 65.5 Å². The van der Waals surface area contributed by atoms with E-state index in [1.54, 1.807) is 0 Å². The standard InChI is InChI=1S/C16H20N2/c1-14-7-3-4-8-15(14)13-18(2)12-10-16-9-5-6-11-17-16/h3-9,11H,10,12-13H2,1-2H3/p+1. The van der Waals surface area contributed by atoms with Gasteiger partial charge in [0, 0.05) is 23.9 Å². The normalized spacial score (nSPS) is 12.3. The number of benzene rings is 1. The van der Waals surface area contributed by atoms with E-state index in [0.29, 0.717) is 0 Å². The summed E-state index contributed by atoms with van der Waals surface area (Å²) in [7, 11) is 2.25. The van der Waals surface area contributed by atoms with Gasteiger partial charge in [0.1, 0.15) is 6.54 Å². The van der Waals surface area contributed by atoms with Gasteiger partial charge in [-0.25, -0.2) is 0 Å². The summed E-state index contributed by atoms with van der Waals surface area (Å²) < 4.78 is 0. The second-order valence-corrected chi connectivity index (χ2v) is 4.88. The van der Waals surface area contributed by atoms with Crippen LogP contribution in [0.15, 0.2) is 48.7 Å². The lowest BCUT2D eigenvalue weighted by Gasteiger charge is -2.15. The summed E-state index contributed by atoms with van der Waals surface area (Å²) in [4.78, 5) is 5.89. The Morgan fingerprint density at radius 2 is 1.83 bits per heavy atom. The number of pyridine rings is 1. The quantitative estimate of drug-likeness (QED) is 0.842. The minimum Gasteiger partial charge on any atom is -0.333 e. The number of hydrogen-bond donors (Lipinski definition) is 1. The highest BCUT2D eigenvalue weighted by Crippen LogP contribution is 2.04. The highest BCUT2D eigenvalue weighted by molar-refractivity contribution is 5.24. The maximum absolute atomic E-state index is 4.36. The van der Waals surface area contributed by atoms with Gasteiger partial charge in [0.25, 0.3) is 0 Å². The Labute approximate surface area is 109 Å². The van der Waals surface area contributed by atoms with Crippen molar-refractivity contribution in [2.75, 3.05) is 13.6 Å². The van der Waals surface area contributed by atoms with Gasteiger partial charge in [-0.15, -0.1) is 0 Å². The molecule has 2 heteroatoms. The van der Waals surface area contributed by atoms with E-state index < -0.39 is 0 Å². The lowest BCUT2D eigenvalue weighted by Crippen LogP contribution is -3.07. The van der Waals surface area contributed by atoms with Crippen LogP contribution in [-0.4, -0.2) is 18.6 Å². The highest BCUT2D eigenvalue weighted by atomic mass is 15.1. The van der Waals surface area contributed by atoms with Crippen LogP contribution < -0.4 is 4.90 Å². The molecule has 2 nitrogen and oxygen atoms in total. The molecule has 94 valence electrons. The number of rotatable bonds is 5. The minimum absolute atomic E-state index is 1.04.